The quantitative estimate of drug-likeness (QED) is 0.428. The number of halogens is 3. The number of amides is 1. The maximum atomic E-state index is 12.2. The topological polar surface area (TPSA) is 64.3 Å². The highest BCUT2D eigenvalue weighted by atomic mass is 19.4. The second kappa shape index (κ2) is 5.32. The molecule has 0 aromatic rings. The van der Waals surface area contributed by atoms with Gasteiger partial charge in [-0.1, -0.05) is 13.8 Å². The number of nitrogens with two attached hydrogens (primary N) is 1. The Bertz CT molecular complexity index is 218. The lowest BCUT2D eigenvalue weighted by atomic mass is 10.1. The fraction of sp³-hybridized carbons (Fsp3) is 0.875. The van der Waals surface area contributed by atoms with E-state index in [1.54, 1.807) is 19.3 Å². The molecule has 15 heavy (non-hydrogen) atoms. The van der Waals surface area contributed by atoms with Crippen molar-refractivity contribution in [3.63, 3.8) is 0 Å². The zero-order chi connectivity index (χ0) is 12.2. The summed E-state index contributed by atoms with van der Waals surface area (Å²) in [4.78, 5) is 11.1. The number of ether oxygens (including phenoxy) is 1. The molecule has 0 aliphatic carbocycles. The number of hydrazine groups is 1. The van der Waals surface area contributed by atoms with Crippen molar-refractivity contribution in [3.8, 4) is 0 Å². The summed E-state index contributed by atoms with van der Waals surface area (Å²) in [5.74, 6) is 3.68. The molecule has 0 radical (unpaired) electrons. The Morgan fingerprint density at radius 3 is 2.07 bits per heavy atom. The van der Waals surface area contributed by atoms with Gasteiger partial charge in [0.25, 0.3) is 5.91 Å². The average Bonchev–Trinajstić information content (AvgIpc) is 2.10. The molecule has 4 nitrogen and oxygen atoms in total. The van der Waals surface area contributed by atoms with E-state index in [2.05, 4.69) is 4.74 Å². The molecule has 3 N–H and O–H groups in total. The molecular formula is C8H15F3N2O2. The van der Waals surface area contributed by atoms with Crippen LogP contribution in [-0.4, -0.2) is 24.3 Å². The predicted octanol–water partition coefficient (Wildman–Crippen LogP) is 0.968. The van der Waals surface area contributed by atoms with E-state index in [0.29, 0.717) is 0 Å². The highest BCUT2D eigenvalue weighted by Crippen LogP contribution is 2.24. The van der Waals surface area contributed by atoms with E-state index < -0.39 is 30.2 Å². The molecule has 90 valence electrons. The molecule has 7 heteroatoms. The summed E-state index contributed by atoms with van der Waals surface area (Å²) in [7, 11) is 0. The van der Waals surface area contributed by atoms with E-state index in [1.807, 2.05) is 0 Å². The Kier molecular flexibility index (Phi) is 5.02. The predicted molar refractivity (Wildman–Crippen MR) is 47.6 cm³/mol. The lowest BCUT2D eigenvalue weighted by Gasteiger charge is -2.25. The minimum Gasteiger partial charge on any atom is -0.356 e. The molecule has 0 spiro atoms. The number of carbonyl (C=O) groups is 1. The first-order valence-corrected chi connectivity index (χ1v) is 4.42. The standard InChI is InChI=1S/C8H15F3N2O2/c1-4(2)6(7(14)13-12)15-5(3)8(9,10)11/h4-6H,12H2,1-3H3,(H,13,14). The highest BCUT2D eigenvalue weighted by Gasteiger charge is 2.40. The molecule has 0 fully saturated rings. The number of hydrogen-bond donors (Lipinski definition) is 2. The van der Waals surface area contributed by atoms with Crippen molar-refractivity contribution in [1.82, 2.24) is 5.43 Å². The molecule has 0 aliphatic heterocycles. The minimum atomic E-state index is -4.48. The molecule has 0 aliphatic rings. The Morgan fingerprint density at radius 2 is 1.80 bits per heavy atom. The molecule has 0 saturated carbocycles. The fourth-order valence-corrected chi connectivity index (χ4v) is 0.901. The van der Waals surface area contributed by atoms with E-state index in [0.717, 1.165) is 6.92 Å². The third-order valence-corrected chi connectivity index (χ3v) is 1.82. The first-order chi connectivity index (χ1) is 6.70. The minimum absolute atomic E-state index is 0.390. The number of carbonyl (C=O) groups excluding carboxylic acids is 1. The molecule has 2 atom stereocenters. The molecule has 0 heterocycles. The average molecular weight is 228 g/mol. The van der Waals surface area contributed by atoms with Crippen molar-refractivity contribution in [3.05, 3.63) is 0 Å². The molecule has 1 amide bonds. The van der Waals surface area contributed by atoms with E-state index >= 15 is 0 Å². The van der Waals surface area contributed by atoms with E-state index in [9.17, 15) is 18.0 Å². The van der Waals surface area contributed by atoms with Gasteiger partial charge in [-0.15, -0.1) is 0 Å². The third kappa shape index (κ3) is 4.48. The van der Waals surface area contributed by atoms with Crippen LogP contribution in [0.5, 0.6) is 0 Å². The van der Waals surface area contributed by atoms with E-state index in [1.165, 1.54) is 0 Å². The van der Waals surface area contributed by atoms with Gasteiger partial charge in [0.05, 0.1) is 0 Å². The Hall–Kier alpha value is -0.820. The molecule has 0 saturated heterocycles. The summed E-state index contributed by atoms with van der Waals surface area (Å²) in [5, 5.41) is 0. The van der Waals surface area contributed by atoms with Crippen LogP contribution in [0.1, 0.15) is 20.8 Å². The van der Waals surface area contributed by atoms with Crippen LogP contribution in [0.15, 0.2) is 0 Å². The van der Waals surface area contributed by atoms with Crippen LogP contribution in [0.3, 0.4) is 0 Å². The fourth-order valence-electron chi connectivity index (χ4n) is 0.901. The van der Waals surface area contributed by atoms with Crippen LogP contribution in [-0.2, 0) is 9.53 Å². The van der Waals surface area contributed by atoms with Crippen LogP contribution in [0.25, 0.3) is 0 Å². The van der Waals surface area contributed by atoms with Crippen molar-refractivity contribution in [2.24, 2.45) is 11.8 Å². The Morgan fingerprint density at radius 1 is 1.33 bits per heavy atom. The lowest BCUT2D eigenvalue weighted by molar-refractivity contribution is -0.229. The highest BCUT2D eigenvalue weighted by molar-refractivity contribution is 5.80. The molecule has 0 rings (SSSR count). The second-order valence-corrected chi connectivity index (χ2v) is 3.49. The molecule has 0 bridgehead atoms. The summed E-state index contributed by atoms with van der Waals surface area (Å²) in [6.45, 7) is 3.99. The van der Waals surface area contributed by atoms with E-state index in [4.69, 9.17) is 5.84 Å². The normalized spacial score (nSPS) is 16.3. The summed E-state index contributed by atoms with van der Waals surface area (Å²) in [6, 6.07) is 0. The largest absolute Gasteiger partial charge is 0.414 e. The van der Waals surface area contributed by atoms with Crippen LogP contribution in [0.4, 0.5) is 13.2 Å². The van der Waals surface area contributed by atoms with Crippen LogP contribution < -0.4 is 11.3 Å². The van der Waals surface area contributed by atoms with Gasteiger partial charge >= 0.3 is 6.18 Å². The van der Waals surface area contributed by atoms with Gasteiger partial charge in [0.2, 0.25) is 0 Å². The zero-order valence-corrected chi connectivity index (χ0v) is 8.76. The maximum Gasteiger partial charge on any atom is 0.414 e. The van der Waals surface area contributed by atoms with Crippen LogP contribution in [0, 0.1) is 5.92 Å². The smallest absolute Gasteiger partial charge is 0.356 e. The summed E-state index contributed by atoms with van der Waals surface area (Å²) < 4.78 is 41.1. The van der Waals surface area contributed by atoms with Gasteiger partial charge in [-0.2, -0.15) is 13.2 Å². The first-order valence-electron chi connectivity index (χ1n) is 4.42. The maximum absolute atomic E-state index is 12.2. The first kappa shape index (κ1) is 14.2. The van der Waals surface area contributed by atoms with Gasteiger partial charge in [0.15, 0.2) is 6.10 Å². The van der Waals surface area contributed by atoms with Crippen molar-refractivity contribution in [2.75, 3.05) is 0 Å². The molecule has 2 unspecified atom stereocenters. The summed E-state index contributed by atoms with van der Waals surface area (Å²) in [6.07, 6.45) is -7.68. The zero-order valence-electron chi connectivity index (χ0n) is 8.76. The van der Waals surface area contributed by atoms with Gasteiger partial charge in [0, 0.05) is 0 Å². The van der Waals surface area contributed by atoms with Crippen molar-refractivity contribution in [2.45, 2.75) is 39.2 Å². The number of rotatable bonds is 4. The van der Waals surface area contributed by atoms with Gasteiger partial charge in [-0.25, -0.2) is 5.84 Å². The van der Waals surface area contributed by atoms with E-state index in [-0.39, 0.29) is 0 Å². The number of nitrogens with one attached hydrogen (secondary N) is 1. The van der Waals surface area contributed by atoms with Crippen LogP contribution >= 0.6 is 0 Å². The van der Waals surface area contributed by atoms with Crippen molar-refractivity contribution < 1.29 is 22.7 Å². The lowest BCUT2D eigenvalue weighted by Crippen LogP contribution is -2.46. The third-order valence-electron chi connectivity index (χ3n) is 1.82. The number of alkyl halides is 3. The Balaban J connectivity index is 4.49. The number of hydrogen-bond acceptors (Lipinski definition) is 3. The SMILES string of the molecule is CC(C)C(OC(C)C(F)(F)F)C(=O)NN. The van der Waals surface area contributed by atoms with Gasteiger partial charge in [0.1, 0.15) is 6.10 Å². The Labute approximate surface area is 85.9 Å². The van der Waals surface area contributed by atoms with Gasteiger partial charge in [-0.3, -0.25) is 10.2 Å². The molecule has 0 aromatic heterocycles. The monoisotopic (exact) mass is 228 g/mol. The molecular weight excluding hydrogens is 213 g/mol. The summed E-state index contributed by atoms with van der Waals surface area (Å²) in [5.41, 5.74) is 1.77. The second-order valence-electron chi connectivity index (χ2n) is 3.49. The van der Waals surface area contributed by atoms with Gasteiger partial charge < -0.3 is 4.74 Å². The van der Waals surface area contributed by atoms with Crippen molar-refractivity contribution >= 4 is 5.91 Å². The summed E-state index contributed by atoms with van der Waals surface area (Å²) >= 11 is 0. The van der Waals surface area contributed by atoms with Crippen LogP contribution in [0.2, 0.25) is 0 Å². The van der Waals surface area contributed by atoms with Crippen molar-refractivity contribution in [1.29, 1.82) is 0 Å². The van der Waals surface area contributed by atoms with Gasteiger partial charge in [-0.05, 0) is 12.8 Å². The molecule has 0 aromatic carbocycles.